The zero-order valence-corrected chi connectivity index (χ0v) is 33.1. The van der Waals surface area contributed by atoms with Crippen LogP contribution in [0.2, 0.25) is 0 Å². The molecule has 0 radical (unpaired) electrons. The Balaban J connectivity index is 1.29. The van der Waals surface area contributed by atoms with Gasteiger partial charge in [0.25, 0.3) is 0 Å². The molecule has 2 fully saturated rings. The van der Waals surface area contributed by atoms with Crippen LogP contribution in [0.5, 0.6) is 0 Å². The molecule has 320 valence electrons. The Hall–Kier alpha value is -6.75. The van der Waals surface area contributed by atoms with E-state index in [1.54, 1.807) is 91.0 Å². The summed E-state index contributed by atoms with van der Waals surface area (Å²) in [6.07, 6.45) is -16.8. The van der Waals surface area contributed by atoms with Gasteiger partial charge in [-0.15, -0.1) is 0 Å². The number of carbonyl (C=O) groups is 5. The lowest BCUT2D eigenvalue weighted by atomic mass is 9.96. The number of hydrogen-bond donors (Lipinski definition) is 2. The van der Waals surface area contributed by atoms with Gasteiger partial charge in [0.2, 0.25) is 0 Å². The van der Waals surface area contributed by atoms with Gasteiger partial charge in [-0.1, -0.05) is 91.0 Å². The van der Waals surface area contributed by atoms with Crippen LogP contribution in [0.25, 0.3) is 0 Å². The Morgan fingerprint density at radius 3 is 1.23 bits per heavy atom. The highest BCUT2D eigenvalue weighted by atomic mass is 16.8. The lowest BCUT2D eigenvalue weighted by Gasteiger charge is -2.47. The van der Waals surface area contributed by atoms with Gasteiger partial charge in [0.1, 0.15) is 24.9 Å². The lowest BCUT2D eigenvalue weighted by Crippen LogP contribution is -2.66. The summed E-state index contributed by atoms with van der Waals surface area (Å²) in [6, 6.07) is 39.3. The second kappa shape index (κ2) is 20.2. The summed E-state index contributed by atoms with van der Waals surface area (Å²) >= 11 is 0. The van der Waals surface area contributed by atoms with Crippen LogP contribution in [0.15, 0.2) is 152 Å². The van der Waals surface area contributed by atoms with E-state index in [0.29, 0.717) is 0 Å². The van der Waals surface area contributed by atoms with Crippen LogP contribution in [-0.4, -0.2) is 108 Å². The van der Waals surface area contributed by atoms with E-state index < -0.39 is 97.9 Å². The monoisotopic (exact) mass is 846 g/mol. The van der Waals surface area contributed by atoms with Crippen molar-refractivity contribution in [2.24, 2.45) is 0 Å². The molecule has 0 amide bonds. The molecule has 0 bridgehead atoms. The van der Waals surface area contributed by atoms with E-state index in [1.165, 1.54) is 67.6 Å². The van der Waals surface area contributed by atoms with Gasteiger partial charge in [-0.2, -0.15) is 0 Å². The second-order valence-corrected chi connectivity index (χ2v) is 14.3. The first-order chi connectivity index (χ1) is 30.1. The van der Waals surface area contributed by atoms with Gasteiger partial charge >= 0.3 is 29.8 Å². The predicted octanol–water partition coefficient (Wildman–Crippen LogP) is 4.95. The van der Waals surface area contributed by atoms with Crippen LogP contribution in [0, 0.1) is 0 Å². The fourth-order valence-electron chi connectivity index (χ4n) is 6.84. The number of aliphatic hydroxyl groups is 2. The Morgan fingerprint density at radius 2 is 0.806 bits per heavy atom. The molecule has 5 aromatic rings. The van der Waals surface area contributed by atoms with Crippen molar-refractivity contribution in [2.45, 2.75) is 68.3 Å². The van der Waals surface area contributed by atoms with E-state index in [4.69, 9.17) is 37.9 Å². The van der Waals surface area contributed by atoms with Gasteiger partial charge in [-0.05, 0) is 67.6 Å². The molecule has 0 unspecified atom stereocenters. The van der Waals surface area contributed by atoms with E-state index in [1.807, 2.05) is 0 Å². The molecule has 2 saturated heterocycles. The van der Waals surface area contributed by atoms with Gasteiger partial charge in [0.05, 0.1) is 33.9 Å². The van der Waals surface area contributed by atoms with Crippen LogP contribution in [0.1, 0.15) is 58.7 Å². The van der Waals surface area contributed by atoms with Crippen LogP contribution >= 0.6 is 0 Å². The Kier molecular flexibility index (Phi) is 14.1. The molecule has 15 nitrogen and oxygen atoms in total. The van der Waals surface area contributed by atoms with E-state index in [0.717, 1.165) is 0 Å². The van der Waals surface area contributed by atoms with Gasteiger partial charge in [-0.25, -0.2) is 24.0 Å². The molecule has 10 atom stereocenters. The van der Waals surface area contributed by atoms with Gasteiger partial charge in [0, 0.05) is 0 Å². The maximum Gasteiger partial charge on any atom is 0.338 e. The third-order valence-electron chi connectivity index (χ3n) is 10.1. The highest BCUT2D eigenvalue weighted by molar-refractivity contribution is 5.91. The molecular weight excluding hydrogens is 805 g/mol. The van der Waals surface area contributed by atoms with Crippen molar-refractivity contribution in [1.82, 2.24) is 0 Å². The number of aliphatic hydroxyl groups excluding tert-OH is 2. The molecule has 2 aliphatic rings. The first-order valence-corrected chi connectivity index (χ1v) is 19.7. The standard InChI is InChI=1S/C47H42O15/c1-28-35(48)37(59-43(51)31-21-11-4-12-22-31)40(61-45(53)33-25-15-6-16-26-33)47(56-28)62-38-36(58-42(50)30-19-9-3-10-20-30)34(27-55-41(49)29-17-7-2-8-18-29)57-46(54)39(38)60-44(52)32-23-13-5-14-24-32/h2-26,28,34-40,46-48,54H,27H2,1H3/t28-,34+,35-,36-,37+,38-,39+,40-,46+,47-/m0/s1. The van der Waals surface area contributed by atoms with Crippen LogP contribution in [0.4, 0.5) is 0 Å². The molecule has 7 rings (SSSR count). The predicted molar refractivity (Wildman–Crippen MR) is 215 cm³/mol. The first kappa shape index (κ1) is 43.3. The summed E-state index contributed by atoms with van der Waals surface area (Å²) in [5.74, 6) is -4.43. The summed E-state index contributed by atoms with van der Waals surface area (Å²) in [7, 11) is 0. The molecule has 2 aliphatic heterocycles. The zero-order chi connectivity index (χ0) is 43.6. The number of rotatable bonds is 13. The van der Waals surface area contributed by atoms with Crippen molar-refractivity contribution in [2.75, 3.05) is 6.61 Å². The van der Waals surface area contributed by atoms with Crippen LogP contribution < -0.4 is 0 Å². The molecule has 0 aliphatic carbocycles. The topological polar surface area (TPSA) is 200 Å². The number of carbonyl (C=O) groups excluding carboxylic acids is 5. The van der Waals surface area contributed by atoms with Crippen molar-refractivity contribution in [3.05, 3.63) is 179 Å². The third-order valence-corrected chi connectivity index (χ3v) is 10.1. The third kappa shape index (κ3) is 10.4. The molecule has 15 heteroatoms. The Labute approximate surface area is 355 Å². The van der Waals surface area contributed by atoms with E-state index in [9.17, 15) is 34.2 Å². The first-order valence-electron chi connectivity index (χ1n) is 19.7. The molecule has 5 aromatic carbocycles. The van der Waals surface area contributed by atoms with E-state index in [2.05, 4.69) is 0 Å². The lowest BCUT2D eigenvalue weighted by molar-refractivity contribution is -0.349. The quantitative estimate of drug-likeness (QED) is 0.119. The number of benzene rings is 5. The molecule has 2 N–H and O–H groups in total. The summed E-state index contributed by atoms with van der Waals surface area (Å²) in [6.45, 7) is 0.825. The molecule has 0 aromatic heterocycles. The van der Waals surface area contributed by atoms with Gasteiger partial charge in [0.15, 0.2) is 37.0 Å². The maximum atomic E-state index is 13.9. The minimum atomic E-state index is -2.02. The normalized spacial score (nSPS) is 25.7. The van der Waals surface area contributed by atoms with Crippen molar-refractivity contribution in [3.63, 3.8) is 0 Å². The van der Waals surface area contributed by atoms with Crippen molar-refractivity contribution in [1.29, 1.82) is 0 Å². The summed E-state index contributed by atoms with van der Waals surface area (Å²) in [4.78, 5) is 67.9. The molecule has 0 spiro atoms. The average Bonchev–Trinajstić information content (AvgIpc) is 3.31. The van der Waals surface area contributed by atoms with Gasteiger partial charge in [-0.3, -0.25) is 0 Å². The van der Waals surface area contributed by atoms with Crippen molar-refractivity contribution >= 4 is 29.8 Å². The zero-order valence-electron chi connectivity index (χ0n) is 33.1. The summed E-state index contributed by atoms with van der Waals surface area (Å²) in [5.41, 5.74) is 0.544. The molecule has 0 saturated carbocycles. The summed E-state index contributed by atoms with van der Waals surface area (Å²) < 4.78 is 47.9. The Morgan fingerprint density at radius 1 is 0.452 bits per heavy atom. The fourth-order valence-corrected chi connectivity index (χ4v) is 6.84. The number of hydrogen-bond acceptors (Lipinski definition) is 15. The fraction of sp³-hybridized carbons (Fsp3) is 0.255. The highest BCUT2D eigenvalue weighted by Gasteiger charge is 2.56. The molecular formula is C47H42O15. The van der Waals surface area contributed by atoms with E-state index in [-0.39, 0.29) is 27.8 Å². The SMILES string of the molecule is C[C@@H]1O[C@@H](O[C@@H]2[C@@H](OC(=O)c3ccccc3)[C@H](O)O[C@H](COC(=O)c3ccccc3)[C@@H]2OC(=O)c2ccccc2)[C@@H](OC(=O)c2ccccc2)[C@H](OC(=O)c2ccccc2)[C@H]1O. The number of ether oxygens (including phenoxy) is 8. The van der Waals surface area contributed by atoms with E-state index >= 15 is 0 Å². The second-order valence-electron chi connectivity index (χ2n) is 14.3. The minimum Gasteiger partial charge on any atom is -0.459 e. The van der Waals surface area contributed by atoms with Gasteiger partial charge < -0.3 is 48.1 Å². The summed E-state index contributed by atoms with van der Waals surface area (Å²) in [5, 5.41) is 23.1. The highest BCUT2D eigenvalue weighted by Crippen LogP contribution is 2.35. The smallest absolute Gasteiger partial charge is 0.338 e. The van der Waals surface area contributed by atoms with Crippen LogP contribution in [-0.2, 0) is 37.9 Å². The van der Waals surface area contributed by atoms with Crippen molar-refractivity contribution in [3.8, 4) is 0 Å². The molecule has 2 heterocycles. The maximum absolute atomic E-state index is 13.9. The van der Waals surface area contributed by atoms with Crippen molar-refractivity contribution < 1.29 is 72.1 Å². The largest absolute Gasteiger partial charge is 0.459 e. The average molecular weight is 847 g/mol. The Bertz CT molecular complexity index is 2280. The van der Waals surface area contributed by atoms with Crippen LogP contribution in [0.3, 0.4) is 0 Å². The molecule has 62 heavy (non-hydrogen) atoms. The minimum absolute atomic E-state index is 0.0726. The number of esters is 5.